The molecule has 1 aliphatic carbocycles. The van der Waals surface area contributed by atoms with Crippen molar-refractivity contribution < 1.29 is 9.53 Å². The Morgan fingerprint density at radius 2 is 2.21 bits per heavy atom. The van der Waals surface area contributed by atoms with Gasteiger partial charge in [-0.3, -0.25) is 4.79 Å². The van der Waals surface area contributed by atoms with Gasteiger partial charge in [-0.25, -0.2) is 0 Å². The molecule has 1 aromatic carbocycles. The molecule has 1 saturated heterocycles. The highest BCUT2D eigenvalue weighted by atomic mass is 35.5. The number of amides is 1. The summed E-state index contributed by atoms with van der Waals surface area (Å²) in [6.45, 7) is 1.50. The molecule has 1 aliphatic heterocycles. The fraction of sp³-hybridized carbons (Fsp3) is 0.500. The van der Waals surface area contributed by atoms with Crippen LogP contribution in [0.4, 0.5) is 0 Å². The Bertz CT molecular complexity index is 756. The van der Waals surface area contributed by atoms with Crippen molar-refractivity contribution in [2.24, 2.45) is 5.41 Å². The van der Waals surface area contributed by atoms with Crippen molar-refractivity contribution in [3.05, 3.63) is 34.6 Å². The maximum atomic E-state index is 12.7. The van der Waals surface area contributed by atoms with Crippen LogP contribution in [0.15, 0.2) is 18.2 Å². The minimum atomic E-state index is 0.0246. The normalized spacial score (nSPS) is 21.8. The monoisotopic (exact) mass is 347 g/mol. The van der Waals surface area contributed by atoms with Crippen LogP contribution < -0.4 is 4.74 Å². The van der Waals surface area contributed by atoms with Crippen molar-refractivity contribution in [1.29, 1.82) is 0 Å². The lowest BCUT2D eigenvalue weighted by atomic mass is 9.90. The number of aromatic amines is 1. The van der Waals surface area contributed by atoms with Gasteiger partial charge in [0, 0.05) is 24.6 Å². The summed E-state index contributed by atoms with van der Waals surface area (Å²) in [7, 11) is 1.55. The van der Waals surface area contributed by atoms with Crippen molar-refractivity contribution in [3.63, 3.8) is 0 Å². The van der Waals surface area contributed by atoms with Crippen LogP contribution in [0.3, 0.4) is 0 Å². The number of likely N-dealkylation sites (tertiary alicyclic amines) is 1. The first kappa shape index (κ1) is 15.4. The van der Waals surface area contributed by atoms with Gasteiger partial charge in [0.2, 0.25) is 0 Å². The molecule has 126 valence electrons. The van der Waals surface area contributed by atoms with Crippen molar-refractivity contribution >= 4 is 17.5 Å². The molecule has 2 fully saturated rings. The zero-order valence-corrected chi connectivity index (χ0v) is 14.1. The van der Waals surface area contributed by atoms with E-state index in [1.165, 1.54) is 0 Å². The van der Waals surface area contributed by atoms with E-state index in [2.05, 4.69) is 20.6 Å². The fourth-order valence-corrected chi connectivity index (χ4v) is 3.91. The molecule has 7 nitrogen and oxygen atoms in total. The zero-order valence-electron chi connectivity index (χ0n) is 13.3. The van der Waals surface area contributed by atoms with E-state index in [0.717, 1.165) is 38.2 Å². The summed E-state index contributed by atoms with van der Waals surface area (Å²) >= 11 is 6.03. The van der Waals surface area contributed by atoms with Crippen molar-refractivity contribution in [2.45, 2.75) is 25.2 Å². The SMILES string of the molecule is COc1cc(C(=O)N2CCC3(CC2)CC3c2nn[nH]n2)ccc1Cl. The minimum Gasteiger partial charge on any atom is -0.495 e. The van der Waals surface area contributed by atoms with Gasteiger partial charge in [-0.05, 0) is 42.9 Å². The molecule has 1 amide bonds. The number of carbonyl (C=O) groups excluding carboxylic acids is 1. The van der Waals surface area contributed by atoms with Crippen LogP contribution in [0.5, 0.6) is 5.75 Å². The van der Waals surface area contributed by atoms with Gasteiger partial charge in [-0.15, -0.1) is 10.2 Å². The molecule has 1 atom stereocenters. The third kappa shape index (κ3) is 2.53. The van der Waals surface area contributed by atoms with E-state index in [9.17, 15) is 4.79 Å². The number of methoxy groups -OCH3 is 1. The van der Waals surface area contributed by atoms with Crippen molar-refractivity contribution in [3.8, 4) is 5.75 Å². The van der Waals surface area contributed by atoms with Crippen LogP contribution in [0.2, 0.25) is 5.02 Å². The van der Waals surface area contributed by atoms with Crippen LogP contribution in [-0.2, 0) is 0 Å². The standard InChI is InChI=1S/C16H18ClN5O2/c1-24-13-8-10(2-3-12(13)17)15(23)22-6-4-16(5-7-22)9-11(16)14-18-20-21-19-14/h2-3,8,11H,4-7,9H2,1H3,(H,18,19,20,21). The molecule has 2 aliphatic rings. The lowest BCUT2D eigenvalue weighted by Crippen LogP contribution is -2.39. The number of ether oxygens (including phenoxy) is 1. The van der Waals surface area contributed by atoms with Gasteiger partial charge < -0.3 is 9.64 Å². The second-order valence-electron chi connectivity index (χ2n) is 6.53. The number of hydrogen-bond donors (Lipinski definition) is 1. The second kappa shape index (κ2) is 5.73. The molecule has 1 unspecified atom stereocenters. The number of H-pyrrole nitrogens is 1. The molecule has 4 rings (SSSR count). The zero-order chi connectivity index (χ0) is 16.7. The molecule has 1 spiro atoms. The number of tetrazole rings is 1. The number of hydrogen-bond acceptors (Lipinski definition) is 5. The van der Waals surface area contributed by atoms with Gasteiger partial charge in [0.25, 0.3) is 5.91 Å². The molecular weight excluding hydrogens is 330 g/mol. The van der Waals surface area contributed by atoms with Crippen molar-refractivity contribution in [2.75, 3.05) is 20.2 Å². The number of nitrogens with one attached hydrogen (secondary N) is 1. The number of piperidine rings is 1. The quantitative estimate of drug-likeness (QED) is 0.920. The van der Waals surface area contributed by atoms with E-state index in [1.54, 1.807) is 25.3 Å². The van der Waals surface area contributed by atoms with Gasteiger partial charge >= 0.3 is 0 Å². The highest BCUT2D eigenvalue weighted by molar-refractivity contribution is 6.32. The van der Waals surface area contributed by atoms with Crippen LogP contribution in [0.1, 0.15) is 41.4 Å². The molecule has 8 heteroatoms. The lowest BCUT2D eigenvalue weighted by Gasteiger charge is -2.33. The minimum absolute atomic E-state index is 0.0246. The second-order valence-corrected chi connectivity index (χ2v) is 6.94. The van der Waals surface area contributed by atoms with Gasteiger partial charge in [0.1, 0.15) is 5.75 Å². The fourth-order valence-electron chi connectivity index (χ4n) is 3.71. The molecule has 1 saturated carbocycles. The first-order chi connectivity index (χ1) is 11.6. The van der Waals surface area contributed by atoms with E-state index in [0.29, 0.717) is 22.3 Å². The summed E-state index contributed by atoms with van der Waals surface area (Å²) < 4.78 is 5.20. The Morgan fingerprint density at radius 3 is 2.88 bits per heavy atom. The number of benzene rings is 1. The van der Waals surface area contributed by atoms with Gasteiger partial charge in [-0.1, -0.05) is 16.8 Å². The number of nitrogens with zero attached hydrogens (tertiary/aromatic N) is 4. The average Bonchev–Trinajstić information content (AvgIpc) is 3.05. The molecule has 1 aromatic heterocycles. The molecule has 0 radical (unpaired) electrons. The Kier molecular flexibility index (Phi) is 3.68. The Morgan fingerprint density at radius 1 is 1.42 bits per heavy atom. The molecule has 2 heterocycles. The third-order valence-electron chi connectivity index (χ3n) is 5.31. The lowest BCUT2D eigenvalue weighted by molar-refractivity contribution is 0.0674. The summed E-state index contributed by atoms with van der Waals surface area (Å²) in [4.78, 5) is 14.6. The Labute approximate surface area is 144 Å². The molecule has 0 bridgehead atoms. The number of carbonyl (C=O) groups is 1. The van der Waals surface area contributed by atoms with Gasteiger partial charge in [0.05, 0.1) is 12.1 Å². The summed E-state index contributed by atoms with van der Waals surface area (Å²) in [5, 5.41) is 14.9. The molecule has 1 N–H and O–H groups in total. The predicted octanol–water partition coefficient (Wildman–Crippen LogP) is 2.27. The van der Waals surface area contributed by atoms with Gasteiger partial charge in [0.15, 0.2) is 5.82 Å². The topological polar surface area (TPSA) is 84.0 Å². The van der Waals surface area contributed by atoms with E-state index >= 15 is 0 Å². The maximum Gasteiger partial charge on any atom is 0.253 e. The summed E-state index contributed by atoms with van der Waals surface area (Å²) in [6.07, 6.45) is 3.04. The number of halogens is 1. The van der Waals surface area contributed by atoms with Crippen molar-refractivity contribution in [1.82, 2.24) is 25.5 Å². The summed E-state index contributed by atoms with van der Waals surface area (Å²) in [5.74, 6) is 1.73. The number of rotatable bonds is 3. The summed E-state index contributed by atoms with van der Waals surface area (Å²) in [6, 6.07) is 5.15. The highest BCUT2D eigenvalue weighted by Crippen LogP contribution is 2.64. The Balaban J connectivity index is 1.42. The van der Waals surface area contributed by atoms with Crippen LogP contribution in [0, 0.1) is 5.41 Å². The first-order valence-corrected chi connectivity index (χ1v) is 8.37. The highest BCUT2D eigenvalue weighted by Gasteiger charge is 2.57. The van der Waals surface area contributed by atoms with Crippen LogP contribution >= 0.6 is 11.6 Å². The summed E-state index contributed by atoms with van der Waals surface area (Å²) in [5.41, 5.74) is 0.857. The average molecular weight is 348 g/mol. The third-order valence-corrected chi connectivity index (χ3v) is 5.62. The maximum absolute atomic E-state index is 12.7. The molecule has 2 aromatic rings. The predicted molar refractivity (Wildman–Crippen MR) is 87.1 cm³/mol. The van der Waals surface area contributed by atoms with Crippen LogP contribution in [0.25, 0.3) is 0 Å². The van der Waals surface area contributed by atoms with Crippen LogP contribution in [-0.4, -0.2) is 51.6 Å². The van der Waals surface area contributed by atoms with E-state index in [-0.39, 0.29) is 11.3 Å². The largest absolute Gasteiger partial charge is 0.495 e. The first-order valence-electron chi connectivity index (χ1n) is 7.99. The van der Waals surface area contributed by atoms with E-state index < -0.39 is 0 Å². The Hall–Kier alpha value is -2.15. The van der Waals surface area contributed by atoms with Gasteiger partial charge in [-0.2, -0.15) is 5.21 Å². The number of aromatic nitrogens is 4. The van der Waals surface area contributed by atoms with E-state index in [1.807, 2.05) is 4.90 Å². The smallest absolute Gasteiger partial charge is 0.253 e. The van der Waals surface area contributed by atoms with E-state index in [4.69, 9.17) is 16.3 Å². The molecule has 24 heavy (non-hydrogen) atoms. The molecular formula is C16H18ClN5O2.